The summed E-state index contributed by atoms with van der Waals surface area (Å²) < 4.78 is 0. The third-order valence-electron chi connectivity index (χ3n) is 2.43. The Balaban J connectivity index is 2.41. The lowest BCUT2D eigenvalue weighted by Crippen LogP contribution is -2.17. The summed E-state index contributed by atoms with van der Waals surface area (Å²) in [6, 6.07) is 7.26. The van der Waals surface area contributed by atoms with Crippen LogP contribution in [0.4, 0.5) is 0 Å². The lowest BCUT2D eigenvalue weighted by Gasteiger charge is -2.07. The van der Waals surface area contributed by atoms with E-state index < -0.39 is 0 Å². The maximum absolute atomic E-state index is 9.76. The van der Waals surface area contributed by atoms with Crippen molar-refractivity contribution in [2.75, 3.05) is 0 Å². The summed E-state index contributed by atoms with van der Waals surface area (Å²) in [4.78, 5) is 0. The second kappa shape index (κ2) is 4.37. The Hall–Kier alpha value is -1.81. The van der Waals surface area contributed by atoms with Gasteiger partial charge in [0.1, 0.15) is 5.75 Å². The van der Waals surface area contributed by atoms with Gasteiger partial charge in [-0.2, -0.15) is 5.10 Å². The molecule has 0 radical (unpaired) electrons. The average Bonchev–Trinajstić information content (AvgIpc) is 2.66. The maximum atomic E-state index is 9.76. The maximum Gasteiger partial charge on any atom is 0.124 e. The predicted molar refractivity (Wildman–Crippen MR) is 63.0 cm³/mol. The molecule has 2 rings (SSSR count). The van der Waals surface area contributed by atoms with E-state index in [1.807, 2.05) is 19.1 Å². The highest BCUT2D eigenvalue weighted by Crippen LogP contribution is 2.29. The Bertz CT molecular complexity index is 477. The normalized spacial score (nSPS) is 12.6. The van der Waals surface area contributed by atoms with E-state index in [-0.39, 0.29) is 11.8 Å². The highest BCUT2D eigenvalue weighted by Gasteiger charge is 2.11. The molecule has 4 nitrogen and oxygen atoms in total. The Kier molecular flexibility index (Phi) is 2.92. The number of aromatic amines is 1. The summed E-state index contributed by atoms with van der Waals surface area (Å²) in [5, 5.41) is 16.7. The first kappa shape index (κ1) is 10.7. The third kappa shape index (κ3) is 2.06. The van der Waals surface area contributed by atoms with Crippen molar-refractivity contribution in [3.8, 4) is 17.0 Å². The van der Waals surface area contributed by atoms with Gasteiger partial charge in [-0.25, -0.2) is 0 Å². The number of H-pyrrole nitrogens is 1. The van der Waals surface area contributed by atoms with Gasteiger partial charge in [0, 0.05) is 11.6 Å². The summed E-state index contributed by atoms with van der Waals surface area (Å²) in [5.74, 6) is 0.248. The van der Waals surface area contributed by atoms with Crippen molar-refractivity contribution >= 4 is 0 Å². The van der Waals surface area contributed by atoms with E-state index >= 15 is 0 Å². The molecule has 0 bridgehead atoms. The highest BCUT2D eigenvalue weighted by atomic mass is 16.3. The summed E-state index contributed by atoms with van der Waals surface area (Å²) in [5.41, 5.74) is 8.39. The van der Waals surface area contributed by atoms with Gasteiger partial charge in [-0.05, 0) is 31.0 Å². The Labute approximate surface area is 94.1 Å². The number of aromatic hydroxyl groups is 1. The molecule has 0 fully saturated rings. The molecular formula is C12H15N3O. The number of aromatic nitrogens is 2. The molecule has 16 heavy (non-hydrogen) atoms. The molecule has 0 saturated heterocycles. The molecular weight excluding hydrogens is 202 g/mol. The predicted octanol–water partition coefficient (Wildman–Crippen LogP) is 1.67. The highest BCUT2D eigenvalue weighted by molar-refractivity contribution is 5.69. The fourth-order valence-corrected chi connectivity index (χ4v) is 1.73. The van der Waals surface area contributed by atoms with Crippen LogP contribution in [0.2, 0.25) is 0 Å². The van der Waals surface area contributed by atoms with Crippen LogP contribution in [0.15, 0.2) is 30.5 Å². The summed E-state index contributed by atoms with van der Waals surface area (Å²) in [6.07, 6.45) is 2.49. The Morgan fingerprint density at radius 1 is 1.44 bits per heavy atom. The van der Waals surface area contributed by atoms with Crippen LogP contribution in [-0.2, 0) is 6.42 Å². The zero-order chi connectivity index (χ0) is 11.5. The van der Waals surface area contributed by atoms with Crippen LogP contribution in [0.3, 0.4) is 0 Å². The topological polar surface area (TPSA) is 74.9 Å². The number of phenols is 1. The molecule has 4 N–H and O–H groups in total. The molecule has 0 aliphatic heterocycles. The molecule has 0 saturated carbocycles. The van der Waals surface area contributed by atoms with Crippen molar-refractivity contribution in [3.63, 3.8) is 0 Å². The van der Waals surface area contributed by atoms with Crippen LogP contribution >= 0.6 is 0 Å². The van der Waals surface area contributed by atoms with Crippen molar-refractivity contribution in [2.24, 2.45) is 5.73 Å². The van der Waals surface area contributed by atoms with E-state index in [0.29, 0.717) is 0 Å². The van der Waals surface area contributed by atoms with E-state index in [1.54, 1.807) is 18.3 Å². The van der Waals surface area contributed by atoms with Gasteiger partial charge in [-0.15, -0.1) is 0 Å². The number of rotatable bonds is 3. The van der Waals surface area contributed by atoms with Gasteiger partial charge in [0.25, 0.3) is 0 Å². The smallest absolute Gasteiger partial charge is 0.124 e. The van der Waals surface area contributed by atoms with Crippen molar-refractivity contribution in [2.45, 2.75) is 19.4 Å². The number of nitrogens with zero attached hydrogens (tertiary/aromatic N) is 1. The molecule has 2 aromatic rings. The van der Waals surface area contributed by atoms with Gasteiger partial charge in [-0.3, -0.25) is 5.10 Å². The number of nitrogens with two attached hydrogens (primary N) is 1. The minimum atomic E-state index is 0.0715. The number of hydrogen-bond acceptors (Lipinski definition) is 3. The lowest BCUT2D eigenvalue weighted by molar-refractivity contribution is 0.477. The number of nitrogens with one attached hydrogen (secondary N) is 1. The largest absolute Gasteiger partial charge is 0.507 e. The van der Waals surface area contributed by atoms with E-state index in [1.165, 1.54) is 0 Å². The summed E-state index contributed by atoms with van der Waals surface area (Å²) >= 11 is 0. The van der Waals surface area contributed by atoms with Gasteiger partial charge in [-0.1, -0.05) is 12.1 Å². The monoisotopic (exact) mass is 217 g/mol. The molecule has 1 atom stereocenters. The van der Waals surface area contributed by atoms with Crippen LogP contribution in [-0.4, -0.2) is 21.3 Å². The minimum absolute atomic E-state index is 0.0715. The molecule has 1 aromatic heterocycles. The average molecular weight is 217 g/mol. The second-order valence-electron chi connectivity index (χ2n) is 3.97. The van der Waals surface area contributed by atoms with Gasteiger partial charge in [0.05, 0.1) is 11.9 Å². The Morgan fingerprint density at radius 2 is 2.19 bits per heavy atom. The molecule has 84 valence electrons. The molecule has 0 spiro atoms. The van der Waals surface area contributed by atoms with Gasteiger partial charge < -0.3 is 10.8 Å². The van der Waals surface area contributed by atoms with Crippen molar-refractivity contribution in [1.29, 1.82) is 0 Å². The van der Waals surface area contributed by atoms with Gasteiger partial charge >= 0.3 is 0 Å². The fourth-order valence-electron chi connectivity index (χ4n) is 1.73. The first-order valence-corrected chi connectivity index (χ1v) is 5.24. The van der Waals surface area contributed by atoms with Crippen molar-refractivity contribution in [1.82, 2.24) is 10.2 Å². The molecule has 0 aliphatic rings. The number of phenolic OH excluding ortho intramolecular Hbond substituents is 1. The third-order valence-corrected chi connectivity index (χ3v) is 2.43. The van der Waals surface area contributed by atoms with Crippen LogP contribution in [0.25, 0.3) is 11.3 Å². The summed E-state index contributed by atoms with van der Waals surface area (Å²) in [6.45, 7) is 1.95. The molecule has 1 heterocycles. The van der Waals surface area contributed by atoms with Gasteiger partial charge in [0.2, 0.25) is 0 Å². The molecule has 1 aromatic carbocycles. The number of hydrogen-bond donors (Lipinski definition) is 3. The van der Waals surface area contributed by atoms with Gasteiger partial charge in [0.15, 0.2) is 0 Å². The minimum Gasteiger partial charge on any atom is -0.507 e. The van der Waals surface area contributed by atoms with Crippen LogP contribution in [0.1, 0.15) is 12.5 Å². The first-order valence-electron chi connectivity index (χ1n) is 5.24. The number of benzene rings is 1. The quantitative estimate of drug-likeness (QED) is 0.732. The SMILES string of the molecule is CC(N)Cc1cn[nH]c1-c1ccccc1O. The molecule has 0 amide bonds. The Morgan fingerprint density at radius 3 is 2.88 bits per heavy atom. The van der Waals surface area contributed by atoms with Crippen LogP contribution in [0.5, 0.6) is 5.75 Å². The van der Waals surface area contributed by atoms with E-state index in [2.05, 4.69) is 10.2 Å². The zero-order valence-electron chi connectivity index (χ0n) is 9.14. The lowest BCUT2D eigenvalue weighted by atomic mass is 10.0. The van der Waals surface area contributed by atoms with E-state index in [4.69, 9.17) is 5.73 Å². The zero-order valence-corrected chi connectivity index (χ0v) is 9.14. The van der Waals surface area contributed by atoms with Crippen molar-refractivity contribution < 1.29 is 5.11 Å². The van der Waals surface area contributed by atoms with E-state index in [9.17, 15) is 5.11 Å². The summed E-state index contributed by atoms with van der Waals surface area (Å²) in [7, 11) is 0. The first-order chi connectivity index (χ1) is 7.68. The molecule has 1 unspecified atom stereocenters. The molecule has 0 aliphatic carbocycles. The van der Waals surface area contributed by atoms with Crippen LogP contribution in [0, 0.1) is 0 Å². The number of para-hydroxylation sites is 1. The second-order valence-corrected chi connectivity index (χ2v) is 3.97. The fraction of sp³-hybridized carbons (Fsp3) is 0.250. The standard InChI is InChI=1S/C12H15N3O/c1-8(13)6-9-7-14-15-12(9)10-4-2-3-5-11(10)16/h2-5,7-8,16H,6,13H2,1H3,(H,14,15). The molecule has 4 heteroatoms. The van der Waals surface area contributed by atoms with Crippen molar-refractivity contribution in [3.05, 3.63) is 36.0 Å². The van der Waals surface area contributed by atoms with E-state index in [0.717, 1.165) is 23.2 Å². The van der Waals surface area contributed by atoms with Crippen LogP contribution < -0.4 is 5.73 Å².